The molecule has 33 heavy (non-hydrogen) atoms. The fourth-order valence-corrected chi connectivity index (χ4v) is 4.77. The highest BCUT2D eigenvalue weighted by molar-refractivity contribution is 6.36. The number of amides is 1. The highest BCUT2D eigenvalue weighted by Crippen LogP contribution is 2.42. The van der Waals surface area contributed by atoms with Gasteiger partial charge in [-0.2, -0.15) is 0 Å². The number of carbonyl (C=O) groups excluding carboxylic acids is 1. The lowest BCUT2D eigenvalue weighted by Gasteiger charge is -2.22. The van der Waals surface area contributed by atoms with E-state index in [0.29, 0.717) is 27.9 Å². The van der Waals surface area contributed by atoms with Crippen LogP contribution in [-0.4, -0.2) is 10.5 Å². The van der Waals surface area contributed by atoms with Gasteiger partial charge < -0.3 is 5.32 Å². The standard InChI is InChI=1S/C27H22ClFN2O2/c1-16-23(26(32)30-25(17-14-15-17)19-10-5-6-13-22(19)29)20-11-7-12-21(28)24(20)27(33)31(16)18-8-3-2-4-9-18/h2-13,17,25H,14-15H2,1H3,(H,30,32)/t25-/m0/s1. The molecule has 3 aromatic carbocycles. The van der Waals surface area contributed by atoms with Crippen LogP contribution in [0.3, 0.4) is 0 Å². The first-order valence-corrected chi connectivity index (χ1v) is 11.3. The maximum Gasteiger partial charge on any atom is 0.264 e. The number of rotatable bonds is 5. The van der Waals surface area contributed by atoms with Crippen molar-refractivity contribution < 1.29 is 9.18 Å². The molecule has 1 aliphatic rings. The lowest BCUT2D eigenvalue weighted by molar-refractivity contribution is 0.0931. The fraction of sp³-hybridized carbons (Fsp3) is 0.185. The van der Waals surface area contributed by atoms with Gasteiger partial charge in [-0.3, -0.25) is 14.2 Å². The van der Waals surface area contributed by atoms with Crippen molar-refractivity contribution >= 4 is 28.3 Å². The number of hydrogen-bond donors (Lipinski definition) is 1. The summed E-state index contributed by atoms with van der Waals surface area (Å²) in [6.07, 6.45) is 1.85. The van der Waals surface area contributed by atoms with E-state index in [-0.39, 0.29) is 33.6 Å². The maximum atomic E-state index is 14.6. The Hall–Kier alpha value is -3.44. The number of carbonyl (C=O) groups is 1. The number of aromatic nitrogens is 1. The van der Waals surface area contributed by atoms with Gasteiger partial charge in [-0.1, -0.05) is 60.1 Å². The van der Waals surface area contributed by atoms with Crippen LogP contribution in [0.4, 0.5) is 4.39 Å². The second-order valence-corrected chi connectivity index (χ2v) is 8.82. The van der Waals surface area contributed by atoms with Crippen LogP contribution in [0.1, 0.15) is 40.5 Å². The molecule has 0 radical (unpaired) electrons. The SMILES string of the molecule is Cc1c(C(=O)N[C@H](c2ccccc2F)C2CC2)c2cccc(Cl)c2c(=O)n1-c1ccccc1. The summed E-state index contributed by atoms with van der Waals surface area (Å²) >= 11 is 6.44. The Labute approximate surface area is 195 Å². The van der Waals surface area contributed by atoms with Crippen molar-refractivity contribution in [2.45, 2.75) is 25.8 Å². The number of hydrogen-bond acceptors (Lipinski definition) is 2. The largest absolute Gasteiger partial charge is 0.345 e. The van der Waals surface area contributed by atoms with Gasteiger partial charge in [-0.15, -0.1) is 0 Å². The number of pyridine rings is 1. The Morgan fingerprint density at radius 1 is 1.03 bits per heavy atom. The third-order valence-electron chi connectivity index (χ3n) is 6.26. The third-order valence-corrected chi connectivity index (χ3v) is 6.57. The molecule has 166 valence electrons. The molecule has 0 bridgehead atoms. The van der Waals surface area contributed by atoms with Crippen LogP contribution < -0.4 is 10.9 Å². The van der Waals surface area contributed by atoms with E-state index in [9.17, 15) is 14.0 Å². The lowest BCUT2D eigenvalue weighted by Crippen LogP contribution is -2.33. The molecule has 0 aliphatic heterocycles. The number of para-hydroxylation sites is 1. The lowest BCUT2D eigenvalue weighted by atomic mass is 9.99. The van der Waals surface area contributed by atoms with E-state index in [2.05, 4.69) is 5.32 Å². The first-order valence-electron chi connectivity index (χ1n) is 10.9. The molecule has 0 saturated heterocycles. The summed E-state index contributed by atoms with van der Waals surface area (Å²) in [4.78, 5) is 27.2. The maximum absolute atomic E-state index is 14.6. The van der Waals surface area contributed by atoms with Crippen molar-refractivity contribution in [3.05, 3.63) is 111 Å². The first-order chi connectivity index (χ1) is 16.0. The predicted octanol–water partition coefficient (Wildman–Crippen LogP) is 5.97. The topological polar surface area (TPSA) is 51.1 Å². The molecule has 1 aromatic heterocycles. The summed E-state index contributed by atoms with van der Waals surface area (Å²) in [5.74, 6) is -0.515. The third kappa shape index (κ3) is 3.83. The van der Waals surface area contributed by atoms with Crippen molar-refractivity contribution in [2.75, 3.05) is 0 Å². The van der Waals surface area contributed by atoms with Crippen LogP contribution in [0.2, 0.25) is 5.02 Å². The van der Waals surface area contributed by atoms with Crippen LogP contribution in [0.5, 0.6) is 0 Å². The van der Waals surface area contributed by atoms with E-state index in [1.165, 1.54) is 10.6 Å². The molecule has 6 heteroatoms. The fourth-order valence-electron chi connectivity index (χ4n) is 4.52. The zero-order valence-electron chi connectivity index (χ0n) is 18.0. The average molecular weight is 461 g/mol. The molecule has 4 aromatic rings. The van der Waals surface area contributed by atoms with Crippen molar-refractivity contribution in [1.82, 2.24) is 9.88 Å². The number of benzene rings is 3. The van der Waals surface area contributed by atoms with E-state index in [0.717, 1.165) is 12.8 Å². The minimum absolute atomic E-state index is 0.182. The molecule has 0 spiro atoms. The van der Waals surface area contributed by atoms with Gasteiger partial charge in [0.1, 0.15) is 5.82 Å². The van der Waals surface area contributed by atoms with Gasteiger partial charge >= 0.3 is 0 Å². The van der Waals surface area contributed by atoms with Gasteiger partial charge in [0.05, 0.1) is 22.0 Å². The summed E-state index contributed by atoms with van der Waals surface area (Å²) in [6, 6.07) is 20.3. The molecular weight excluding hydrogens is 439 g/mol. The molecule has 0 unspecified atom stereocenters. The quantitative estimate of drug-likeness (QED) is 0.398. The van der Waals surface area contributed by atoms with Crippen molar-refractivity contribution in [3.8, 4) is 5.69 Å². The minimum atomic E-state index is -0.440. The Balaban J connectivity index is 1.69. The highest BCUT2D eigenvalue weighted by Gasteiger charge is 2.35. The van der Waals surface area contributed by atoms with Crippen LogP contribution >= 0.6 is 11.6 Å². The Morgan fingerprint density at radius 3 is 2.42 bits per heavy atom. The molecule has 1 aliphatic carbocycles. The van der Waals surface area contributed by atoms with Crippen LogP contribution in [0.25, 0.3) is 16.5 Å². The van der Waals surface area contributed by atoms with E-state index >= 15 is 0 Å². The monoisotopic (exact) mass is 460 g/mol. The zero-order chi connectivity index (χ0) is 23.1. The van der Waals surface area contributed by atoms with E-state index in [1.807, 2.05) is 30.3 Å². The van der Waals surface area contributed by atoms with Crippen molar-refractivity contribution in [2.24, 2.45) is 5.92 Å². The second kappa shape index (κ2) is 8.49. The van der Waals surface area contributed by atoms with Crippen molar-refractivity contribution in [3.63, 3.8) is 0 Å². The Kier molecular flexibility index (Phi) is 5.51. The molecule has 1 amide bonds. The van der Waals surface area contributed by atoms with E-state index in [4.69, 9.17) is 11.6 Å². The number of halogens is 2. The molecular formula is C27H22ClFN2O2. The highest BCUT2D eigenvalue weighted by atomic mass is 35.5. The van der Waals surface area contributed by atoms with Gasteiger partial charge in [-0.05, 0) is 49.9 Å². The summed E-state index contributed by atoms with van der Waals surface area (Å²) in [5.41, 5.74) is 1.69. The van der Waals surface area contributed by atoms with Gasteiger partial charge in [0.25, 0.3) is 11.5 Å². The smallest absolute Gasteiger partial charge is 0.264 e. The molecule has 1 fully saturated rings. The minimum Gasteiger partial charge on any atom is -0.345 e. The normalized spacial score (nSPS) is 14.3. The summed E-state index contributed by atoms with van der Waals surface area (Å²) in [7, 11) is 0. The predicted molar refractivity (Wildman–Crippen MR) is 129 cm³/mol. The van der Waals surface area contributed by atoms with Crippen LogP contribution in [-0.2, 0) is 0 Å². The Morgan fingerprint density at radius 2 is 1.73 bits per heavy atom. The van der Waals surface area contributed by atoms with E-state index < -0.39 is 6.04 Å². The molecule has 1 N–H and O–H groups in total. The zero-order valence-corrected chi connectivity index (χ0v) is 18.8. The number of fused-ring (bicyclic) bond motifs is 1. The van der Waals surface area contributed by atoms with Gasteiger partial charge in [0.2, 0.25) is 0 Å². The molecule has 1 heterocycles. The van der Waals surface area contributed by atoms with Gasteiger partial charge in [0, 0.05) is 22.3 Å². The van der Waals surface area contributed by atoms with E-state index in [1.54, 1.807) is 43.3 Å². The summed E-state index contributed by atoms with van der Waals surface area (Å²) < 4.78 is 16.1. The van der Waals surface area contributed by atoms with Gasteiger partial charge in [0.15, 0.2) is 0 Å². The summed E-state index contributed by atoms with van der Waals surface area (Å²) in [6.45, 7) is 1.75. The molecule has 5 rings (SSSR count). The van der Waals surface area contributed by atoms with Crippen molar-refractivity contribution in [1.29, 1.82) is 0 Å². The Bertz CT molecular complexity index is 1430. The molecule has 4 nitrogen and oxygen atoms in total. The number of nitrogens with one attached hydrogen (secondary N) is 1. The summed E-state index contributed by atoms with van der Waals surface area (Å²) in [5, 5.41) is 4.12. The van der Waals surface area contributed by atoms with Crippen LogP contribution in [0, 0.1) is 18.7 Å². The van der Waals surface area contributed by atoms with Gasteiger partial charge in [-0.25, -0.2) is 4.39 Å². The second-order valence-electron chi connectivity index (χ2n) is 8.41. The molecule has 1 saturated carbocycles. The number of nitrogens with zero attached hydrogens (tertiary/aromatic N) is 1. The average Bonchev–Trinajstić information content (AvgIpc) is 3.64. The first kappa shape index (κ1) is 21.4. The van der Waals surface area contributed by atoms with Crippen LogP contribution in [0.15, 0.2) is 77.6 Å². The molecule has 1 atom stereocenters.